The van der Waals surface area contributed by atoms with Gasteiger partial charge in [-0.3, -0.25) is 4.90 Å². The number of hydrogen-bond acceptors (Lipinski definition) is 22. The van der Waals surface area contributed by atoms with Crippen molar-refractivity contribution in [3.05, 3.63) is 0 Å². The van der Waals surface area contributed by atoms with Gasteiger partial charge in [0.15, 0.2) is 0 Å². The Balaban J connectivity index is -0.000000251. The fraction of sp³-hybridized carbons (Fsp3) is 1.00. The number of aliphatic hydroxyl groups excluding tert-OH is 15. The van der Waals surface area contributed by atoms with Crippen LogP contribution in [0.2, 0.25) is 0 Å². The maximum Gasteiger partial charge on any atom is 0.0771 e. The van der Waals surface area contributed by atoms with E-state index in [0.717, 1.165) is 19.3 Å². The lowest BCUT2D eigenvalue weighted by Crippen LogP contribution is -2.39. The van der Waals surface area contributed by atoms with Crippen molar-refractivity contribution >= 4 is 0 Å². The van der Waals surface area contributed by atoms with E-state index in [4.69, 9.17) is 89.7 Å². The lowest BCUT2D eigenvalue weighted by molar-refractivity contribution is -0.0968. The molecule has 0 aliphatic rings. The molecule has 0 rings (SSSR count). The fourth-order valence-corrected chi connectivity index (χ4v) is 5.09. The van der Waals surface area contributed by atoms with Crippen molar-refractivity contribution in [2.24, 2.45) is 16.2 Å². The lowest BCUT2D eigenvalue weighted by Gasteiger charge is -2.32. The standard InChI is InChI=1S/C15H32O6.C12H26O6.C6H15NO3.2C6H14O3/c1-5-15(9-19-6-12(2)16,10-20-7-13(3)17)11-21-8-14(4)18;1-2-12(9-16-6-3-13,10-17-7-4-14)11-18-8-5-15;8-4-1-7(2-5-9)3-6-10;1-2-6(3-7,4-8)5-9;7-4-2-1-3-6(9)5-8/h12-14,16-18H,5-11H2,1-4H3;13-15H,2-11H2,1H3;8-10H,1-6H2;7-9H,2-5H2,1H3;6-9H,1-5H2. The van der Waals surface area contributed by atoms with Crippen LogP contribution < -0.4 is 0 Å². The summed E-state index contributed by atoms with van der Waals surface area (Å²) in [5.74, 6) is 0. The summed E-state index contributed by atoms with van der Waals surface area (Å²) in [6, 6.07) is 0. The molecular formula is C45H101NO21. The van der Waals surface area contributed by atoms with Crippen LogP contribution in [0.25, 0.3) is 0 Å². The summed E-state index contributed by atoms with van der Waals surface area (Å²) in [4.78, 5) is 1.79. The Morgan fingerprint density at radius 3 is 0.881 bits per heavy atom. The Morgan fingerprint density at radius 1 is 0.388 bits per heavy atom. The van der Waals surface area contributed by atoms with E-state index in [1.54, 1.807) is 25.7 Å². The van der Waals surface area contributed by atoms with Crippen LogP contribution in [-0.4, -0.2) is 278 Å². The molecule has 0 amide bonds. The van der Waals surface area contributed by atoms with Crippen molar-refractivity contribution in [2.75, 3.05) is 172 Å². The highest BCUT2D eigenvalue weighted by atomic mass is 16.5. The van der Waals surface area contributed by atoms with E-state index in [2.05, 4.69) is 0 Å². The third kappa shape index (κ3) is 49.9. The van der Waals surface area contributed by atoms with Gasteiger partial charge in [-0.05, 0) is 59.3 Å². The first-order valence-electron chi connectivity index (χ1n) is 23.6. The normalized spacial score (nSPS) is 14.2. The van der Waals surface area contributed by atoms with Crippen LogP contribution in [0, 0.1) is 16.2 Å². The van der Waals surface area contributed by atoms with E-state index in [0.29, 0.717) is 78.5 Å². The maximum absolute atomic E-state index is 9.27. The third-order valence-corrected chi connectivity index (χ3v) is 9.89. The van der Waals surface area contributed by atoms with Gasteiger partial charge < -0.3 is 105 Å². The molecule has 0 spiro atoms. The average Bonchev–Trinajstić information content (AvgIpc) is 3.30. The highest BCUT2D eigenvalue weighted by Crippen LogP contribution is 2.25. The highest BCUT2D eigenvalue weighted by Gasteiger charge is 2.31. The van der Waals surface area contributed by atoms with Crippen LogP contribution in [0.5, 0.6) is 0 Å². The minimum atomic E-state index is -0.667. The van der Waals surface area contributed by atoms with Gasteiger partial charge >= 0.3 is 0 Å². The fourth-order valence-electron chi connectivity index (χ4n) is 5.09. The topological polar surface area (TPSA) is 362 Å². The second-order valence-electron chi connectivity index (χ2n) is 16.5. The molecule has 412 valence electrons. The molecular weight excluding hydrogens is 890 g/mol. The van der Waals surface area contributed by atoms with Gasteiger partial charge in [0.05, 0.1) is 170 Å². The summed E-state index contributed by atoms with van der Waals surface area (Å²) >= 11 is 0. The molecule has 0 bridgehead atoms. The van der Waals surface area contributed by atoms with Crippen molar-refractivity contribution in [1.29, 1.82) is 0 Å². The first kappa shape index (κ1) is 75.1. The number of ether oxygens (including phenoxy) is 6. The molecule has 0 heterocycles. The number of unbranched alkanes of at least 4 members (excludes halogenated alkanes) is 1. The van der Waals surface area contributed by atoms with E-state index < -0.39 is 29.8 Å². The second kappa shape index (κ2) is 54.5. The molecule has 22 nitrogen and oxygen atoms in total. The minimum Gasteiger partial charge on any atom is -0.396 e. The van der Waals surface area contributed by atoms with E-state index in [-0.39, 0.29) is 123 Å². The van der Waals surface area contributed by atoms with Crippen LogP contribution in [0.15, 0.2) is 0 Å². The molecule has 0 saturated heterocycles. The van der Waals surface area contributed by atoms with E-state index in [1.165, 1.54) is 0 Å². The van der Waals surface area contributed by atoms with E-state index in [1.807, 2.05) is 20.8 Å². The Kier molecular flexibility index (Phi) is 61.0. The largest absolute Gasteiger partial charge is 0.396 e. The molecule has 0 aromatic heterocycles. The monoisotopic (exact) mass is 992 g/mol. The van der Waals surface area contributed by atoms with Crippen LogP contribution in [0.4, 0.5) is 0 Å². The predicted octanol–water partition coefficient (Wildman–Crippen LogP) is -2.89. The predicted molar refractivity (Wildman–Crippen MR) is 252 cm³/mol. The zero-order chi connectivity index (χ0) is 52.3. The molecule has 0 saturated carbocycles. The van der Waals surface area contributed by atoms with Gasteiger partial charge in [-0.15, -0.1) is 0 Å². The van der Waals surface area contributed by atoms with E-state index >= 15 is 0 Å². The van der Waals surface area contributed by atoms with Crippen LogP contribution in [0.3, 0.4) is 0 Å². The van der Waals surface area contributed by atoms with Gasteiger partial charge in [0.25, 0.3) is 0 Å². The molecule has 4 atom stereocenters. The number of aliphatic hydroxyl groups is 15. The first-order chi connectivity index (χ1) is 31.9. The Morgan fingerprint density at radius 2 is 0.687 bits per heavy atom. The summed E-state index contributed by atoms with van der Waals surface area (Å²) in [6.45, 7) is 16.1. The van der Waals surface area contributed by atoms with Crippen LogP contribution in [-0.2, 0) is 28.4 Å². The van der Waals surface area contributed by atoms with Crippen LogP contribution in [0.1, 0.15) is 80.1 Å². The van der Waals surface area contributed by atoms with Gasteiger partial charge in [-0.2, -0.15) is 0 Å². The van der Waals surface area contributed by atoms with Crippen molar-refractivity contribution in [1.82, 2.24) is 4.90 Å². The quantitative estimate of drug-likeness (QED) is 0.0273. The van der Waals surface area contributed by atoms with E-state index in [9.17, 15) is 15.3 Å². The van der Waals surface area contributed by atoms with Gasteiger partial charge in [0.2, 0.25) is 0 Å². The molecule has 22 heteroatoms. The van der Waals surface area contributed by atoms with Gasteiger partial charge in [-0.1, -0.05) is 20.8 Å². The average molecular weight is 992 g/mol. The molecule has 15 N–H and O–H groups in total. The van der Waals surface area contributed by atoms with Crippen LogP contribution >= 0.6 is 0 Å². The number of nitrogens with zero attached hydrogens (tertiary/aromatic N) is 1. The lowest BCUT2D eigenvalue weighted by atomic mass is 9.88. The first-order valence-corrected chi connectivity index (χ1v) is 23.6. The van der Waals surface area contributed by atoms with Gasteiger partial charge in [0, 0.05) is 42.5 Å². The van der Waals surface area contributed by atoms with Gasteiger partial charge in [-0.25, -0.2) is 0 Å². The molecule has 0 aliphatic heterocycles. The highest BCUT2D eigenvalue weighted by molar-refractivity contribution is 4.79. The summed E-state index contributed by atoms with van der Waals surface area (Å²) in [5.41, 5.74) is -1.32. The Bertz CT molecular complexity index is 830. The molecule has 0 radical (unpaired) electrons. The Labute approximate surface area is 401 Å². The summed E-state index contributed by atoms with van der Waals surface area (Å²) in [5, 5.41) is 131. The zero-order valence-electron chi connectivity index (χ0n) is 42.0. The minimum absolute atomic E-state index is 0.0191. The smallest absolute Gasteiger partial charge is 0.0771 e. The summed E-state index contributed by atoms with van der Waals surface area (Å²) in [6.07, 6.45) is 2.06. The molecule has 4 unspecified atom stereocenters. The van der Waals surface area contributed by atoms with Gasteiger partial charge in [0.1, 0.15) is 0 Å². The summed E-state index contributed by atoms with van der Waals surface area (Å²) < 4.78 is 32.7. The van der Waals surface area contributed by atoms with Crippen molar-refractivity contribution < 1.29 is 105 Å². The molecule has 0 aromatic rings. The second-order valence-corrected chi connectivity index (χ2v) is 16.5. The molecule has 0 aliphatic carbocycles. The van der Waals surface area contributed by atoms with Crippen molar-refractivity contribution in [3.63, 3.8) is 0 Å². The SMILES string of the molecule is CCC(CO)(CO)CO.CCC(COCC(C)O)(COCC(C)O)COCC(C)O.CCC(COCCO)(COCCO)COCCO.OCCCCC(O)CO.OCCN(CCO)CCO. The third-order valence-electron chi connectivity index (χ3n) is 9.89. The van der Waals surface area contributed by atoms with Crippen molar-refractivity contribution in [2.45, 2.75) is 104 Å². The zero-order valence-corrected chi connectivity index (χ0v) is 42.0. The number of rotatable bonds is 41. The molecule has 0 fully saturated rings. The molecule has 0 aromatic carbocycles. The summed E-state index contributed by atoms with van der Waals surface area (Å²) in [7, 11) is 0. The van der Waals surface area contributed by atoms with Crippen molar-refractivity contribution in [3.8, 4) is 0 Å². The maximum atomic E-state index is 9.27. The molecule has 67 heavy (non-hydrogen) atoms. The Hall–Kier alpha value is -0.880. The number of hydrogen-bond donors (Lipinski definition) is 15.